The Morgan fingerprint density at radius 3 is 2.12 bits per heavy atom. The first-order chi connectivity index (χ1) is 7.84. The van der Waals surface area contributed by atoms with Gasteiger partial charge in [-0.05, 0) is 28.2 Å². The van der Waals surface area contributed by atoms with E-state index in [9.17, 15) is 4.79 Å². The molecule has 3 heteroatoms. The third-order valence-corrected chi connectivity index (χ3v) is 4.53. The van der Waals surface area contributed by atoms with Crippen molar-refractivity contribution in [1.29, 1.82) is 0 Å². The van der Waals surface area contributed by atoms with Crippen LogP contribution in [0.1, 0.15) is 41.5 Å². The molecule has 0 saturated heterocycles. The van der Waals surface area contributed by atoms with Crippen molar-refractivity contribution in [3.8, 4) is 0 Å². The average molecular weight is 255 g/mol. The van der Waals surface area contributed by atoms with Gasteiger partial charge in [-0.3, -0.25) is 4.79 Å². The fourth-order valence-corrected chi connectivity index (χ4v) is 3.57. The van der Waals surface area contributed by atoms with Crippen LogP contribution in [-0.4, -0.2) is 17.7 Å². The molecule has 1 atom stereocenters. The molecule has 0 aromatic rings. The molecule has 0 saturated carbocycles. The molecule has 0 aromatic carbocycles. The monoisotopic (exact) mass is 255 g/mol. The summed E-state index contributed by atoms with van der Waals surface area (Å²) in [6.45, 7) is 13.3. The van der Waals surface area contributed by atoms with Crippen molar-refractivity contribution in [2.45, 2.75) is 47.6 Å². The van der Waals surface area contributed by atoms with Gasteiger partial charge < -0.3 is 5.32 Å². The molecule has 1 amide bonds. The summed E-state index contributed by atoms with van der Waals surface area (Å²) in [5.74, 6) is 2.18. The van der Waals surface area contributed by atoms with E-state index in [0.29, 0.717) is 23.5 Å². The highest BCUT2D eigenvalue weighted by Gasteiger charge is 2.29. The molecule has 1 rings (SSSR count). The molecule has 0 spiro atoms. The van der Waals surface area contributed by atoms with Crippen molar-refractivity contribution >= 4 is 17.7 Å². The van der Waals surface area contributed by atoms with Gasteiger partial charge in [0.05, 0.1) is 11.8 Å². The van der Waals surface area contributed by atoms with Gasteiger partial charge in [-0.1, -0.05) is 41.5 Å². The summed E-state index contributed by atoms with van der Waals surface area (Å²) in [6, 6.07) is 0.204. The molecule has 1 N–H and O–H groups in total. The minimum absolute atomic E-state index is 0.169. The molecule has 2 nitrogen and oxygen atoms in total. The van der Waals surface area contributed by atoms with Gasteiger partial charge in [-0.15, -0.1) is 11.8 Å². The van der Waals surface area contributed by atoms with Gasteiger partial charge in [0, 0.05) is 0 Å². The number of rotatable bonds is 3. The lowest BCUT2D eigenvalue weighted by Crippen LogP contribution is -2.41. The first-order valence-electron chi connectivity index (χ1n) is 6.50. The van der Waals surface area contributed by atoms with Gasteiger partial charge in [0.15, 0.2) is 0 Å². The Hall–Kier alpha value is -0.440. The Morgan fingerprint density at radius 1 is 1.12 bits per heavy atom. The van der Waals surface area contributed by atoms with Crippen LogP contribution in [-0.2, 0) is 4.79 Å². The van der Waals surface area contributed by atoms with Crippen LogP contribution in [0, 0.1) is 17.8 Å². The van der Waals surface area contributed by atoms with E-state index < -0.39 is 0 Å². The molecule has 1 aliphatic rings. The Labute approximate surface area is 110 Å². The van der Waals surface area contributed by atoms with Crippen LogP contribution >= 0.6 is 11.8 Å². The predicted octanol–water partition coefficient (Wildman–Crippen LogP) is 3.44. The minimum atomic E-state index is 0.169. The average Bonchev–Trinajstić information content (AvgIpc) is 2.36. The van der Waals surface area contributed by atoms with Gasteiger partial charge in [0.2, 0.25) is 5.91 Å². The van der Waals surface area contributed by atoms with Crippen molar-refractivity contribution in [1.82, 2.24) is 5.32 Å². The minimum Gasteiger partial charge on any atom is -0.349 e. The molecule has 98 valence electrons. The summed E-state index contributed by atoms with van der Waals surface area (Å²) in [5.41, 5.74) is 1.44. The Balaban J connectivity index is 3.21. The molecular weight excluding hydrogens is 230 g/mol. The lowest BCUT2D eigenvalue weighted by Gasteiger charge is -2.29. The van der Waals surface area contributed by atoms with Crippen molar-refractivity contribution in [3.63, 3.8) is 0 Å². The van der Waals surface area contributed by atoms with Crippen LogP contribution in [0.3, 0.4) is 0 Å². The van der Waals surface area contributed by atoms with Gasteiger partial charge in [-0.25, -0.2) is 0 Å². The van der Waals surface area contributed by atoms with Crippen molar-refractivity contribution in [2.24, 2.45) is 17.8 Å². The van der Waals surface area contributed by atoms with E-state index in [2.05, 4.69) is 46.9 Å². The number of carbonyl (C=O) groups is 1. The smallest absolute Gasteiger partial charge is 0.230 e. The third kappa shape index (κ3) is 3.51. The van der Waals surface area contributed by atoms with Gasteiger partial charge in [0.1, 0.15) is 0 Å². The van der Waals surface area contributed by atoms with Crippen molar-refractivity contribution in [2.75, 3.05) is 5.75 Å². The molecular formula is C14H25NOS. The standard InChI is InChI=1S/C14H25NOS/c1-8(2)12-13(9(3)4)15-11(16)7-17-14(12)10(5)6/h8-10,13H,7H2,1-6H3,(H,15,16). The van der Waals surface area contributed by atoms with E-state index in [0.717, 1.165) is 0 Å². The van der Waals surface area contributed by atoms with E-state index in [1.807, 2.05) is 0 Å². The number of allylic oxidation sites excluding steroid dienone is 1. The van der Waals surface area contributed by atoms with Crippen molar-refractivity contribution in [3.05, 3.63) is 10.5 Å². The summed E-state index contributed by atoms with van der Waals surface area (Å²) in [7, 11) is 0. The van der Waals surface area contributed by atoms with Crippen LogP contribution in [0.15, 0.2) is 10.5 Å². The Bertz CT molecular complexity index is 318. The molecule has 0 bridgehead atoms. The van der Waals surface area contributed by atoms with Gasteiger partial charge in [-0.2, -0.15) is 0 Å². The van der Waals surface area contributed by atoms with Gasteiger partial charge >= 0.3 is 0 Å². The quantitative estimate of drug-likeness (QED) is 0.837. The highest BCUT2D eigenvalue weighted by atomic mass is 32.2. The topological polar surface area (TPSA) is 29.1 Å². The molecule has 0 aromatic heterocycles. The van der Waals surface area contributed by atoms with E-state index in [1.165, 1.54) is 10.5 Å². The summed E-state index contributed by atoms with van der Waals surface area (Å²) < 4.78 is 0. The number of carbonyl (C=O) groups excluding carboxylic acids is 1. The highest BCUT2D eigenvalue weighted by molar-refractivity contribution is 8.03. The lowest BCUT2D eigenvalue weighted by molar-refractivity contribution is -0.119. The first kappa shape index (κ1) is 14.6. The second-order valence-corrected chi connectivity index (χ2v) is 6.72. The van der Waals surface area contributed by atoms with Crippen LogP contribution in [0.4, 0.5) is 0 Å². The summed E-state index contributed by atoms with van der Waals surface area (Å²) in [4.78, 5) is 13.2. The maximum absolute atomic E-state index is 11.8. The second-order valence-electron chi connectivity index (χ2n) is 5.71. The lowest BCUT2D eigenvalue weighted by atomic mass is 9.86. The zero-order valence-electron chi connectivity index (χ0n) is 11.8. The third-order valence-electron chi connectivity index (χ3n) is 3.11. The molecule has 17 heavy (non-hydrogen) atoms. The number of thioether (sulfide) groups is 1. The van der Waals surface area contributed by atoms with Crippen LogP contribution in [0.2, 0.25) is 0 Å². The Morgan fingerprint density at radius 2 is 1.71 bits per heavy atom. The second kappa shape index (κ2) is 5.94. The number of nitrogens with one attached hydrogen (secondary N) is 1. The highest BCUT2D eigenvalue weighted by Crippen LogP contribution is 2.36. The normalized spacial score (nSPS) is 22.4. The molecule has 0 radical (unpaired) electrons. The molecule has 0 fully saturated rings. The van der Waals surface area contributed by atoms with Crippen LogP contribution in [0.25, 0.3) is 0 Å². The SMILES string of the molecule is CC(C)C1=C(C(C)C)C(C(C)C)NC(=O)CS1. The summed E-state index contributed by atoms with van der Waals surface area (Å²) in [6.07, 6.45) is 0. The first-order valence-corrected chi connectivity index (χ1v) is 7.49. The largest absolute Gasteiger partial charge is 0.349 e. The van der Waals surface area contributed by atoms with Gasteiger partial charge in [0.25, 0.3) is 0 Å². The zero-order chi connectivity index (χ0) is 13.2. The van der Waals surface area contributed by atoms with Crippen molar-refractivity contribution < 1.29 is 4.79 Å². The predicted molar refractivity (Wildman–Crippen MR) is 75.9 cm³/mol. The molecule has 1 aliphatic heterocycles. The van der Waals surface area contributed by atoms with Crippen LogP contribution < -0.4 is 5.32 Å². The van der Waals surface area contributed by atoms with E-state index >= 15 is 0 Å². The fraction of sp³-hybridized carbons (Fsp3) is 0.786. The van der Waals surface area contributed by atoms with E-state index in [4.69, 9.17) is 0 Å². The molecule has 1 heterocycles. The van der Waals surface area contributed by atoms with E-state index in [1.54, 1.807) is 11.8 Å². The summed E-state index contributed by atoms with van der Waals surface area (Å²) >= 11 is 1.73. The zero-order valence-corrected chi connectivity index (χ0v) is 12.6. The summed E-state index contributed by atoms with van der Waals surface area (Å²) in [5, 5.41) is 3.18. The molecule has 1 unspecified atom stereocenters. The molecule has 0 aliphatic carbocycles. The fourth-order valence-electron chi connectivity index (χ4n) is 2.34. The van der Waals surface area contributed by atoms with Crippen LogP contribution in [0.5, 0.6) is 0 Å². The number of hydrogen-bond donors (Lipinski definition) is 1. The maximum atomic E-state index is 11.8. The van der Waals surface area contributed by atoms with E-state index in [-0.39, 0.29) is 11.9 Å². The number of amides is 1. The maximum Gasteiger partial charge on any atom is 0.230 e. The Kier molecular flexibility index (Phi) is 5.11. The number of hydrogen-bond acceptors (Lipinski definition) is 2.